The van der Waals surface area contributed by atoms with Crippen LogP contribution < -0.4 is 15.5 Å². The molecule has 2 fully saturated rings. The van der Waals surface area contributed by atoms with Crippen molar-refractivity contribution in [2.75, 3.05) is 80.7 Å². The average Bonchev–Trinajstić information content (AvgIpc) is 2.90. The number of hydrogen-bond donors (Lipinski definition) is 2. The predicted octanol–water partition coefficient (Wildman–Crippen LogP) is 4.57. The van der Waals surface area contributed by atoms with Gasteiger partial charge in [-0.15, -0.1) is 0 Å². The van der Waals surface area contributed by atoms with Gasteiger partial charge in [-0.2, -0.15) is 0 Å². The lowest BCUT2D eigenvalue weighted by molar-refractivity contribution is -0.116. The third-order valence-corrected chi connectivity index (χ3v) is 8.03. The first-order valence-corrected chi connectivity index (χ1v) is 14.0. The highest BCUT2D eigenvalue weighted by Crippen LogP contribution is 2.30. The molecule has 8 nitrogen and oxygen atoms in total. The Kier molecular flexibility index (Phi) is 9.61. The van der Waals surface area contributed by atoms with Gasteiger partial charge in [-0.1, -0.05) is 41.2 Å². The molecule has 0 aromatic heterocycles. The van der Waals surface area contributed by atoms with Crippen molar-refractivity contribution in [1.29, 1.82) is 0 Å². The van der Waals surface area contributed by atoms with Gasteiger partial charge in [0.15, 0.2) is 0 Å². The van der Waals surface area contributed by atoms with E-state index in [1.54, 1.807) is 35.0 Å². The molecule has 0 bridgehead atoms. The van der Waals surface area contributed by atoms with Gasteiger partial charge >= 0.3 is 6.03 Å². The highest BCUT2D eigenvalue weighted by atomic mass is 35.5. The number of hydrogen-bond acceptors (Lipinski definition) is 6. The van der Waals surface area contributed by atoms with Crippen LogP contribution in [-0.2, 0) is 4.79 Å². The Morgan fingerprint density at radius 3 is 2.11 bits per heavy atom. The van der Waals surface area contributed by atoms with Crippen LogP contribution in [0.15, 0.2) is 42.5 Å². The highest BCUT2D eigenvalue weighted by Gasteiger charge is 2.23. The number of nitrogens with zero attached hydrogens (tertiary/aromatic N) is 4. The van der Waals surface area contributed by atoms with Crippen molar-refractivity contribution >= 4 is 64.2 Å². The Morgan fingerprint density at radius 1 is 0.861 bits per heavy atom. The van der Waals surface area contributed by atoms with Gasteiger partial charge in [-0.3, -0.25) is 4.79 Å². The monoisotopic (exact) mass is 550 g/mol. The molecule has 2 saturated heterocycles. The van der Waals surface area contributed by atoms with E-state index in [2.05, 4.69) is 31.0 Å². The molecular formula is C25H32Cl2N6O2S. The maximum Gasteiger partial charge on any atom is 0.322 e. The lowest BCUT2D eigenvalue weighted by Gasteiger charge is -2.36. The fourth-order valence-corrected chi connectivity index (χ4v) is 5.37. The number of benzene rings is 2. The van der Waals surface area contributed by atoms with Crippen LogP contribution >= 0.6 is 35.1 Å². The van der Waals surface area contributed by atoms with E-state index in [1.165, 1.54) is 0 Å². The van der Waals surface area contributed by atoms with Crippen LogP contribution in [0.1, 0.15) is 6.42 Å². The van der Waals surface area contributed by atoms with Gasteiger partial charge in [0.2, 0.25) is 5.91 Å². The van der Waals surface area contributed by atoms with Crippen molar-refractivity contribution in [3.63, 3.8) is 0 Å². The summed E-state index contributed by atoms with van der Waals surface area (Å²) in [5, 5.41) is 6.65. The van der Waals surface area contributed by atoms with Crippen molar-refractivity contribution in [3.8, 4) is 0 Å². The lowest BCUT2D eigenvalue weighted by atomic mass is 10.2. The molecule has 2 aromatic rings. The van der Waals surface area contributed by atoms with Crippen molar-refractivity contribution < 1.29 is 9.59 Å². The summed E-state index contributed by atoms with van der Waals surface area (Å²) >= 11 is 14.1. The van der Waals surface area contributed by atoms with E-state index in [4.69, 9.17) is 23.2 Å². The number of anilines is 3. The number of rotatable bonds is 7. The summed E-state index contributed by atoms with van der Waals surface area (Å²) in [6.07, 6.45) is 2.59. The van der Waals surface area contributed by atoms with Gasteiger partial charge in [0.25, 0.3) is 0 Å². The summed E-state index contributed by atoms with van der Waals surface area (Å²) in [6, 6.07) is 12.8. The molecule has 4 rings (SSSR count). The first-order chi connectivity index (χ1) is 17.4. The van der Waals surface area contributed by atoms with Crippen molar-refractivity contribution in [2.24, 2.45) is 0 Å². The average molecular weight is 552 g/mol. The minimum Gasteiger partial charge on any atom is -0.368 e. The molecule has 11 heteroatoms. The number of amides is 3. The molecule has 2 heterocycles. The highest BCUT2D eigenvalue weighted by molar-refractivity contribution is 7.96. The molecule has 194 valence electrons. The zero-order chi connectivity index (χ0) is 25.5. The quantitative estimate of drug-likeness (QED) is 0.492. The fourth-order valence-electron chi connectivity index (χ4n) is 4.35. The van der Waals surface area contributed by atoms with Crippen LogP contribution in [0.25, 0.3) is 0 Å². The summed E-state index contributed by atoms with van der Waals surface area (Å²) in [4.78, 5) is 31.4. The normalized spacial score (nSPS) is 17.2. The zero-order valence-corrected chi connectivity index (χ0v) is 22.7. The molecule has 3 amide bonds. The van der Waals surface area contributed by atoms with Crippen LogP contribution in [0, 0.1) is 0 Å². The Labute approximate surface area is 227 Å². The molecule has 2 aliphatic heterocycles. The second kappa shape index (κ2) is 12.9. The molecule has 0 aliphatic carbocycles. The van der Waals surface area contributed by atoms with E-state index in [1.807, 2.05) is 24.3 Å². The van der Waals surface area contributed by atoms with E-state index in [0.717, 1.165) is 44.1 Å². The van der Waals surface area contributed by atoms with E-state index >= 15 is 0 Å². The van der Waals surface area contributed by atoms with Gasteiger partial charge in [0.1, 0.15) is 0 Å². The Balaban J connectivity index is 1.20. The molecular weight excluding hydrogens is 519 g/mol. The van der Waals surface area contributed by atoms with Crippen molar-refractivity contribution in [2.45, 2.75) is 6.42 Å². The van der Waals surface area contributed by atoms with Crippen LogP contribution in [0.3, 0.4) is 0 Å². The second-order valence-electron chi connectivity index (χ2n) is 8.80. The SMILES string of the molecule is CSN1CCN(CCC(=O)Nc2ccc(N3CCN(C(=O)Nc4c(Cl)cccc4Cl)CC3)cc2)CC1. The second-order valence-corrected chi connectivity index (χ2v) is 10.5. The van der Waals surface area contributed by atoms with Gasteiger partial charge in [0, 0.05) is 76.7 Å². The summed E-state index contributed by atoms with van der Waals surface area (Å²) in [6.45, 7) is 7.45. The van der Waals surface area contributed by atoms with Crippen molar-refractivity contribution in [1.82, 2.24) is 14.1 Å². The largest absolute Gasteiger partial charge is 0.368 e. The Morgan fingerprint density at radius 2 is 1.50 bits per heavy atom. The third kappa shape index (κ3) is 7.20. The first kappa shape index (κ1) is 26.9. The van der Waals surface area contributed by atoms with Gasteiger partial charge in [0.05, 0.1) is 15.7 Å². The maximum atomic E-state index is 12.7. The smallest absolute Gasteiger partial charge is 0.322 e. The fraction of sp³-hybridized carbons (Fsp3) is 0.440. The molecule has 2 aliphatic rings. The van der Waals surface area contributed by atoms with Gasteiger partial charge < -0.3 is 25.3 Å². The zero-order valence-electron chi connectivity index (χ0n) is 20.4. The molecule has 0 spiro atoms. The lowest BCUT2D eigenvalue weighted by Crippen LogP contribution is -2.50. The van der Waals surface area contributed by atoms with Gasteiger partial charge in [-0.05, 0) is 42.7 Å². The molecule has 36 heavy (non-hydrogen) atoms. The number of halogens is 2. The van der Waals surface area contributed by atoms with E-state index in [9.17, 15) is 9.59 Å². The minimum absolute atomic E-state index is 0.0355. The molecule has 2 aromatic carbocycles. The van der Waals surface area contributed by atoms with Crippen molar-refractivity contribution in [3.05, 3.63) is 52.5 Å². The van der Waals surface area contributed by atoms with Crippen LogP contribution in [0.4, 0.5) is 21.9 Å². The Hall–Kier alpha value is -2.17. The molecule has 2 N–H and O–H groups in total. The van der Waals surface area contributed by atoms with E-state index in [0.29, 0.717) is 48.3 Å². The summed E-state index contributed by atoms with van der Waals surface area (Å²) in [7, 11) is 0. The molecule has 0 unspecified atom stereocenters. The number of para-hydroxylation sites is 1. The number of carbonyl (C=O) groups is 2. The number of nitrogens with one attached hydrogen (secondary N) is 2. The van der Waals surface area contributed by atoms with E-state index < -0.39 is 0 Å². The van der Waals surface area contributed by atoms with E-state index in [-0.39, 0.29) is 11.9 Å². The molecule has 0 atom stereocenters. The maximum absolute atomic E-state index is 12.7. The first-order valence-electron chi connectivity index (χ1n) is 12.1. The summed E-state index contributed by atoms with van der Waals surface area (Å²) in [5.74, 6) is 0.0355. The van der Waals surface area contributed by atoms with Gasteiger partial charge in [-0.25, -0.2) is 9.10 Å². The summed E-state index contributed by atoms with van der Waals surface area (Å²) in [5.41, 5.74) is 2.29. The van der Waals surface area contributed by atoms with Crippen LogP contribution in [-0.4, -0.2) is 91.2 Å². The molecule has 0 radical (unpaired) electrons. The number of urea groups is 1. The number of carbonyl (C=O) groups excluding carboxylic acids is 2. The topological polar surface area (TPSA) is 71.2 Å². The Bertz CT molecular complexity index is 1020. The third-order valence-electron chi connectivity index (χ3n) is 6.52. The van der Waals surface area contributed by atoms with Crippen LogP contribution in [0.5, 0.6) is 0 Å². The molecule has 0 saturated carbocycles. The summed E-state index contributed by atoms with van der Waals surface area (Å²) < 4.78 is 2.35. The minimum atomic E-state index is -0.214. The standard InChI is InChI=1S/C25H32Cl2N6O2S/c1-36-33-17-11-30(12-18-33)10-9-23(34)28-19-5-7-20(8-6-19)31-13-15-32(16-14-31)25(35)29-24-21(26)3-2-4-22(24)27/h2-8H,9-18H2,1H3,(H,28,34)(H,29,35). The number of piperazine rings is 2. The predicted molar refractivity (Wildman–Crippen MR) is 150 cm³/mol. The van der Waals surface area contributed by atoms with Crippen LogP contribution in [0.2, 0.25) is 10.0 Å².